The predicted octanol–water partition coefficient (Wildman–Crippen LogP) is 0.982. The second-order valence-corrected chi connectivity index (χ2v) is 4.93. The number of alkyl halides is 1. The van der Waals surface area contributed by atoms with Crippen molar-refractivity contribution in [3.05, 3.63) is 0 Å². The molecule has 4 heteroatoms. The average Bonchev–Trinajstić information content (AvgIpc) is 2.58. The van der Waals surface area contributed by atoms with E-state index in [0.29, 0.717) is 6.04 Å². The molecule has 2 fully saturated rings. The maximum absolute atomic E-state index is 11.5. The number of nitrogens with one attached hydrogen (secondary N) is 1. The molecule has 3 nitrogen and oxygen atoms in total. The van der Waals surface area contributed by atoms with Gasteiger partial charge in [0.25, 0.3) is 0 Å². The van der Waals surface area contributed by atoms with Gasteiger partial charge in [-0.15, -0.1) is 0 Å². The first kappa shape index (κ1) is 10.4. The van der Waals surface area contributed by atoms with Crippen molar-refractivity contribution in [3.8, 4) is 0 Å². The van der Waals surface area contributed by atoms with Crippen LogP contribution >= 0.6 is 15.9 Å². The largest absolute Gasteiger partial charge is 0.354 e. The van der Waals surface area contributed by atoms with E-state index in [9.17, 15) is 4.79 Å². The zero-order valence-electron chi connectivity index (χ0n) is 8.34. The van der Waals surface area contributed by atoms with Gasteiger partial charge >= 0.3 is 0 Å². The van der Waals surface area contributed by atoms with Crippen LogP contribution in [0.25, 0.3) is 0 Å². The summed E-state index contributed by atoms with van der Waals surface area (Å²) in [6.45, 7) is 3.16. The van der Waals surface area contributed by atoms with Crippen molar-refractivity contribution in [2.24, 2.45) is 5.92 Å². The highest BCUT2D eigenvalue weighted by molar-refractivity contribution is 9.09. The molecule has 0 saturated carbocycles. The van der Waals surface area contributed by atoms with E-state index < -0.39 is 0 Å². The summed E-state index contributed by atoms with van der Waals surface area (Å²) in [5.41, 5.74) is 0. The van der Waals surface area contributed by atoms with Crippen molar-refractivity contribution in [3.63, 3.8) is 0 Å². The quantitative estimate of drug-likeness (QED) is 0.768. The van der Waals surface area contributed by atoms with Crippen LogP contribution in [0.15, 0.2) is 0 Å². The van der Waals surface area contributed by atoms with Crippen molar-refractivity contribution < 1.29 is 4.79 Å². The van der Waals surface area contributed by atoms with Gasteiger partial charge in [0.2, 0.25) is 5.91 Å². The Bertz CT molecular complexity index is 222. The van der Waals surface area contributed by atoms with Gasteiger partial charge < -0.3 is 5.32 Å². The van der Waals surface area contributed by atoms with Crippen molar-refractivity contribution in [1.29, 1.82) is 0 Å². The number of hydrogen-bond acceptors (Lipinski definition) is 2. The highest BCUT2D eigenvalue weighted by Gasteiger charge is 2.40. The van der Waals surface area contributed by atoms with Gasteiger partial charge in [0.1, 0.15) is 0 Å². The molecule has 1 N–H and O–H groups in total. The Morgan fingerprint density at radius 1 is 1.57 bits per heavy atom. The minimum Gasteiger partial charge on any atom is -0.354 e. The van der Waals surface area contributed by atoms with E-state index in [2.05, 4.69) is 26.1 Å². The number of piperidine rings is 1. The maximum atomic E-state index is 11.5. The molecule has 0 aromatic rings. The maximum Gasteiger partial charge on any atom is 0.224 e. The van der Waals surface area contributed by atoms with Gasteiger partial charge in [-0.05, 0) is 32.4 Å². The Hall–Kier alpha value is -0.0900. The van der Waals surface area contributed by atoms with Gasteiger partial charge in [-0.1, -0.05) is 15.9 Å². The molecule has 0 aliphatic carbocycles. The van der Waals surface area contributed by atoms with Crippen molar-refractivity contribution in [2.45, 2.75) is 25.3 Å². The summed E-state index contributed by atoms with van der Waals surface area (Å²) in [5, 5.41) is 4.03. The summed E-state index contributed by atoms with van der Waals surface area (Å²) < 4.78 is 0. The number of fused-ring (bicyclic) bond motifs is 1. The zero-order chi connectivity index (χ0) is 9.97. The third-order valence-electron chi connectivity index (χ3n) is 3.30. The van der Waals surface area contributed by atoms with Crippen molar-refractivity contribution in [2.75, 3.05) is 25.0 Å². The Morgan fingerprint density at radius 2 is 2.43 bits per heavy atom. The summed E-state index contributed by atoms with van der Waals surface area (Å²) in [7, 11) is 0. The Balaban J connectivity index is 1.94. The van der Waals surface area contributed by atoms with Gasteiger partial charge in [-0.25, -0.2) is 0 Å². The van der Waals surface area contributed by atoms with Crippen LogP contribution in [0.3, 0.4) is 0 Å². The summed E-state index contributed by atoms with van der Waals surface area (Å²) in [4.78, 5) is 14.0. The third-order valence-corrected chi connectivity index (χ3v) is 3.86. The molecule has 1 amide bonds. The lowest BCUT2D eigenvalue weighted by atomic mass is 9.91. The summed E-state index contributed by atoms with van der Waals surface area (Å²) in [6.07, 6.45) is 3.44. The van der Waals surface area contributed by atoms with Crippen LogP contribution in [0.1, 0.15) is 19.3 Å². The van der Waals surface area contributed by atoms with Gasteiger partial charge in [-0.3, -0.25) is 9.69 Å². The lowest BCUT2D eigenvalue weighted by Gasteiger charge is -2.35. The first-order valence-corrected chi connectivity index (χ1v) is 6.53. The molecule has 2 heterocycles. The first-order valence-electron chi connectivity index (χ1n) is 5.40. The van der Waals surface area contributed by atoms with Gasteiger partial charge in [0.15, 0.2) is 0 Å². The fourth-order valence-corrected chi connectivity index (χ4v) is 2.83. The van der Waals surface area contributed by atoms with Crippen molar-refractivity contribution >= 4 is 21.8 Å². The minimum atomic E-state index is 0.276. The molecule has 0 spiro atoms. The normalized spacial score (nSPS) is 32.8. The number of rotatable bonds is 3. The smallest absolute Gasteiger partial charge is 0.224 e. The molecule has 2 aliphatic rings. The highest BCUT2D eigenvalue weighted by atomic mass is 79.9. The van der Waals surface area contributed by atoms with Crippen LogP contribution in [0, 0.1) is 5.92 Å². The van der Waals surface area contributed by atoms with Crippen LogP contribution < -0.4 is 5.32 Å². The van der Waals surface area contributed by atoms with Crippen LogP contribution in [-0.2, 0) is 4.79 Å². The number of nitrogens with zero attached hydrogens (tertiary/aromatic N) is 1. The lowest BCUT2D eigenvalue weighted by Crippen LogP contribution is -2.45. The van der Waals surface area contributed by atoms with Crippen LogP contribution in [-0.4, -0.2) is 41.8 Å². The molecule has 2 saturated heterocycles. The van der Waals surface area contributed by atoms with E-state index in [1.807, 2.05) is 0 Å². The van der Waals surface area contributed by atoms with Crippen LogP contribution in [0.2, 0.25) is 0 Å². The number of carbonyl (C=O) groups excluding carboxylic acids is 1. The third kappa shape index (κ3) is 1.96. The SMILES string of the molecule is O=C1NCC2C1CCCN2CCCBr. The molecule has 0 radical (unpaired) electrons. The second kappa shape index (κ2) is 4.62. The minimum absolute atomic E-state index is 0.276. The monoisotopic (exact) mass is 260 g/mol. The molecule has 2 aliphatic heterocycles. The van der Waals surface area contributed by atoms with Crippen molar-refractivity contribution in [1.82, 2.24) is 10.2 Å². The van der Waals surface area contributed by atoms with Crippen LogP contribution in [0.5, 0.6) is 0 Å². The van der Waals surface area contributed by atoms with E-state index in [1.54, 1.807) is 0 Å². The second-order valence-electron chi connectivity index (χ2n) is 4.14. The van der Waals surface area contributed by atoms with E-state index >= 15 is 0 Å². The molecule has 80 valence electrons. The van der Waals surface area contributed by atoms with Gasteiger partial charge in [-0.2, -0.15) is 0 Å². The molecular weight excluding hydrogens is 244 g/mol. The number of halogens is 1. The number of hydrogen-bond donors (Lipinski definition) is 1. The summed E-state index contributed by atoms with van der Waals surface area (Å²) in [5.74, 6) is 0.553. The van der Waals surface area contributed by atoms with E-state index in [0.717, 1.165) is 24.8 Å². The zero-order valence-corrected chi connectivity index (χ0v) is 9.92. The molecule has 0 aromatic carbocycles. The Kier molecular flexibility index (Phi) is 3.44. The number of amides is 1. The van der Waals surface area contributed by atoms with E-state index in [4.69, 9.17) is 0 Å². The summed E-state index contributed by atoms with van der Waals surface area (Å²) in [6, 6.07) is 0.482. The fourth-order valence-electron chi connectivity index (χ4n) is 2.58. The van der Waals surface area contributed by atoms with Crippen LogP contribution in [0.4, 0.5) is 0 Å². The lowest BCUT2D eigenvalue weighted by molar-refractivity contribution is -0.124. The first-order chi connectivity index (χ1) is 6.83. The topological polar surface area (TPSA) is 32.3 Å². The number of carbonyl (C=O) groups is 1. The van der Waals surface area contributed by atoms with E-state index in [1.165, 1.54) is 19.4 Å². The molecule has 14 heavy (non-hydrogen) atoms. The molecule has 0 aromatic heterocycles. The molecule has 2 rings (SSSR count). The standard InChI is InChI=1S/C10H17BrN2O/c11-4-2-6-13-5-1-3-8-9(13)7-12-10(8)14/h8-9H,1-7H2,(H,12,14). The Labute approximate surface area is 93.4 Å². The molecule has 2 unspecified atom stereocenters. The summed E-state index contributed by atoms with van der Waals surface area (Å²) >= 11 is 3.45. The fraction of sp³-hybridized carbons (Fsp3) is 0.900. The molecular formula is C10H17BrN2O. The van der Waals surface area contributed by atoms with Gasteiger partial charge in [0, 0.05) is 17.9 Å². The Morgan fingerprint density at radius 3 is 3.21 bits per heavy atom. The molecule has 2 atom stereocenters. The van der Waals surface area contributed by atoms with E-state index in [-0.39, 0.29) is 11.8 Å². The average molecular weight is 261 g/mol. The molecule has 0 bridgehead atoms. The predicted molar refractivity (Wildman–Crippen MR) is 59.5 cm³/mol. The highest BCUT2D eigenvalue weighted by Crippen LogP contribution is 2.27. The van der Waals surface area contributed by atoms with Gasteiger partial charge in [0.05, 0.1) is 5.92 Å². The number of likely N-dealkylation sites (tertiary alicyclic amines) is 1.